The minimum absolute atomic E-state index is 0.561. The van der Waals surface area contributed by atoms with Gasteiger partial charge in [0.1, 0.15) is 0 Å². The Bertz CT molecular complexity index is 409. The molecule has 0 amide bonds. The van der Waals surface area contributed by atoms with Crippen LogP contribution in [0.4, 0.5) is 0 Å². The van der Waals surface area contributed by atoms with Crippen molar-refractivity contribution in [3.63, 3.8) is 0 Å². The molecule has 3 nitrogen and oxygen atoms in total. The molecule has 1 aromatic heterocycles. The van der Waals surface area contributed by atoms with Gasteiger partial charge in [-0.1, -0.05) is 20.8 Å². The van der Waals surface area contributed by atoms with E-state index in [0.717, 1.165) is 31.1 Å². The third-order valence-corrected chi connectivity index (χ3v) is 4.82. The predicted octanol–water partition coefficient (Wildman–Crippen LogP) is 2.88. The number of hydrogen-bond acceptors (Lipinski definition) is 2. The lowest BCUT2D eigenvalue weighted by Crippen LogP contribution is -2.20. The van der Waals surface area contributed by atoms with E-state index in [1.807, 2.05) is 11.7 Å². The van der Waals surface area contributed by atoms with Gasteiger partial charge < -0.3 is 5.32 Å². The number of halogens is 1. The Morgan fingerprint density at radius 1 is 1.53 bits per heavy atom. The van der Waals surface area contributed by atoms with E-state index < -0.39 is 0 Å². The number of aromatic nitrogens is 2. The molecule has 1 unspecified atom stereocenters. The molecule has 1 atom stereocenters. The average molecular weight is 300 g/mol. The Kier molecular flexibility index (Phi) is 3.64. The zero-order valence-electron chi connectivity index (χ0n) is 11.2. The summed E-state index contributed by atoms with van der Waals surface area (Å²) in [4.78, 5) is 0. The maximum atomic E-state index is 4.50. The van der Waals surface area contributed by atoms with Crippen molar-refractivity contribution in [1.82, 2.24) is 15.1 Å². The average Bonchev–Trinajstić information content (AvgIpc) is 2.77. The van der Waals surface area contributed by atoms with E-state index in [0.29, 0.717) is 5.41 Å². The molecule has 1 N–H and O–H groups in total. The second kappa shape index (κ2) is 4.73. The Morgan fingerprint density at radius 2 is 2.18 bits per heavy atom. The summed E-state index contributed by atoms with van der Waals surface area (Å²) in [6, 6.07) is 0. The van der Waals surface area contributed by atoms with Crippen molar-refractivity contribution in [1.29, 1.82) is 0 Å². The van der Waals surface area contributed by atoms with Crippen LogP contribution in [0.2, 0.25) is 0 Å². The van der Waals surface area contributed by atoms with Crippen LogP contribution in [-0.4, -0.2) is 16.3 Å². The van der Waals surface area contributed by atoms with E-state index in [-0.39, 0.29) is 0 Å². The zero-order valence-corrected chi connectivity index (χ0v) is 12.8. The summed E-state index contributed by atoms with van der Waals surface area (Å²) in [5.41, 5.74) is 2.96. The molecule has 0 spiro atoms. The van der Waals surface area contributed by atoms with Crippen LogP contribution in [-0.2, 0) is 20.0 Å². The molecule has 1 fully saturated rings. The van der Waals surface area contributed by atoms with Crippen LogP contribution in [0.5, 0.6) is 0 Å². The Hall–Kier alpha value is -0.350. The largest absolute Gasteiger partial charge is 0.311 e. The second-order valence-electron chi connectivity index (χ2n) is 5.71. The van der Waals surface area contributed by atoms with Crippen LogP contribution < -0.4 is 5.32 Å². The first kappa shape index (κ1) is 13.1. The molecule has 4 heteroatoms. The summed E-state index contributed by atoms with van der Waals surface area (Å²) in [7, 11) is 2.02. The summed E-state index contributed by atoms with van der Waals surface area (Å²) >= 11 is 3.64. The molecule has 1 aliphatic rings. The normalized spacial score (nSPS) is 21.8. The molecule has 0 aromatic carbocycles. The van der Waals surface area contributed by atoms with Crippen LogP contribution in [0.1, 0.15) is 38.6 Å². The van der Waals surface area contributed by atoms with E-state index in [2.05, 4.69) is 47.1 Å². The monoisotopic (exact) mass is 299 g/mol. The summed E-state index contributed by atoms with van der Waals surface area (Å²) in [6.45, 7) is 8.84. The summed E-state index contributed by atoms with van der Waals surface area (Å²) in [6.07, 6.45) is 2.33. The molecule has 1 saturated carbocycles. The van der Waals surface area contributed by atoms with Gasteiger partial charge in [0.2, 0.25) is 0 Å². The summed E-state index contributed by atoms with van der Waals surface area (Å²) in [5.74, 6) is 0.847. The lowest BCUT2D eigenvalue weighted by atomic mass is 10.1. The quantitative estimate of drug-likeness (QED) is 0.906. The topological polar surface area (TPSA) is 29.9 Å². The molecule has 96 valence electrons. The number of nitrogens with zero attached hydrogens (tertiary/aromatic N) is 2. The third-order valence-electron chi connectivity index (χ3n) is 3.90. The van der Waals surface area contributed by atoms with E-state index in [9.17, 15) is 0 Å². The van der Waals surface area contributed by atoms with Gasteiger partial charge in [0, 0.05) is 13.6 Å². The lowest BCUT2D eigenvalue weighted by Gasteiger charge is -2.07. The van der Waals surface area contributed by atoms with Crippen molar-refractivity contribution in [2.24, 2.45) is 18.4 Å². The molecule has 1 aliphatic carbocycles. The van der Waals surface area contributed by atoms with Crippen molar-refractivity contribution >= 4 is 15.9 Å². The van der Waals surface area contributed by atoms with Crippen LogP contribution in [0.3, 0.4) is 0 Å². The van der Waals surface area contributed by atoms with Crippen LogP contribution >= 0.6 is 15.9 Å². The molecule has 1 heterocycles. The van der Waals surface area contributed by atoms with Crippen molar-refractivity contribution in [2.75, 3.05) is 6.54 Å². The Morgan fingerprint density at radius 3 is 2.65 bits per heavy atom. The van der Waals surface area contributed by atoms with Crippen LogP contribution in [0.25, 0.3) is 0 Å². The molecule has 0 radical (unpaired) electrons. The van der Waals surface area contributed by atoms with Gasteiger partial charge in [0.25, 0.3) is 0 Å². The highest BCUT2D eigenvalue weighted by atomic mass is 79.9. The zero-order chi connectivity index (χ0) is 12.6. The van der Waals surface area contributed by atoms with E-state index in [4.69, 9.17) is 0 Å². The van der Waals surface area contributed by atoms with Crippen molar-refractivity contribution in [3.8, 4) is 0 Å². The highest BCUT2D eigenvalue weighted by molar-refractivity contribution is 9.10. The number of rotatable bonds is 5. The Balaban J connectivity index is 1.89. The van der Waals surface area contributed by atoms with Gasteiger partial charge >= 0.3 is 0 Å². The van der Waals surface area contributed by atoms with Gasteiger partial charge in [-0.3, -0.25) is 4.68 Å². The fourth-order valence-electron chi connectivity index (χ4n) is 2.30. The standard InChI is InChI=1S/C13H22BrN3/c1-5-10-12(14)11(17(4)16-10)8-15-7-9-6-13(9,2)3/h9,15H,5-8H2,1-4H3. The molecule has 0 bridgehead atoms. The first-order valence-corrected chi connectivity index (χ1v) is 7.16. The van der Waals surface area contributed by atoms with E-state index in [1.54, 1.807) is 0 Å². The molecule has 1 aromatic rings. The van der Waals surface area contributed by atoms with E-state index in [1.165, 1.54) is 16.6 Å². The molecule has 2 rings (SSSR count). The van der Waals surface area contributed by atoms with Gasteiger partial charge in [-0.05, 0) is 46.6 Å². The molecular weight excluding hydrogens is 278 g/mol. The first-order valence-electron chi connectivity index (χ1n) is 6.36. The third kappa shape index (κ3) is 2.74. The Labute approximate surface area is 112 Å². The number of hydrogen-bond donors (Lipinski definition) is 1. The number of aryl methyl sites for hydroxylation is 2. The van der Waals surface area contributed by atoms with Crippen LogP contribution in [0, 0.1) is 11.3 Å². The van der Waals surface area contributed by atoms with Gasteiger partial charge in [-0.15, -0.1) is 0 Å². The second-order valence-corrected chi connectivity index (χ2v) is 6.50. The van der Waals surface area contributed by atoms with Gasteiger partial charge in [0.15, 0.2) is 0 Å². The molecule has 17 heavy (non-hydrogen) atoms. The maximum Gasteiger partial charge on any atom is 0.0767 e. The van der Waals surface area contributed by atoms with Crippen LogP contribution in [0.15, 0.2) is 4.47 Å². The van der Waals surface area contributed by atoms with Gasteiger partial charge in [-0.25, -0.2) is 0 Å². The predicted molar refractivity (Wildman–Crippen MR) is 73.9 cm³/mol. The minimum Gasteiger partial charge on any atom is -0.311 e. The highest BCUT2D eigenvalue weighted by Crippen LogP contribution is 2.50. The fourth-order valence-corrected chi connectivity index (χ4v) is 3.06. The maximum absolute atomic E-state index is 4.50. The smallest absolute Gasteiger partial charge is 0.0767 e. The molecule has 0 aliphatic heterocycles. The fraction of sp³-hybridized carbons (Fsp3) is 0.769. The van der Waals surface area contributed by atoms with Crippen molar-refractivity contribution < 1.29 is 0 Å². The van der Waals surface area contributed by atoms with Gasteiger partial charge in [-0.2, -0.15) is 5.10 Å². The molecular formula is C13H22BrN3. The molecule has 0 saturated heterocycles. The van der Waals surface area contributed by atoms with Gasteiger partial charge in [0.05, 0.1) is 15.9 Å². The summed E-state index contributed by atoms with van der Waals surface area (Å²) in [5, 5.41) is 8.05. The van der Waals surface area contributed by atoms with Crippen molar-refractivity contribution in [2.45, 2.75) is 40.2 Å². The number of nitrogens with one attached hydrogen (secondary N) is 1. The van der Waals surface area contributed by atoms with E-state index >= 15 is 0 Å². The summed E-state index contributed by atoms with van der Waals surface area (Å²) < 4.78 is 3.15. The lowest BCUT2D eigenvalue weighted by molar-refractivity contribution is 0.511. The minimum atomic E-state index is 0.561. The van der Waals surface area contributed by atoms with Crippen molar-refractivity contribution in [3.05, 3.63) is 15.9 Å². The first-order chi connectivity index (χ1) is 7.95. The SMILES string of the molecule is CCc1nn(C)c(CNCC2CC2(C)C)c1Br. The highest BCUT2D eigenvalue weighted by Gasteiger charge is 2.44.